The molecule has 178 valence electrons. The summed E-state index contributed by atoms with van der Waals surface area (Å²) in [5.41, 5.74) is 2.74. The molecule has 0 saturated heterocycles. The molecule has 34 heavy (non-hydrogen) atoms. The van der Waals surface area contributed by atoms with Crippen molar-refractivity contribution in [1.82, 2.24) is 10.2 Å². The summed E-state index contributed by atoms with van der Waals surface area (Å²) in [7, 11) is 0. The predicted octanol–water partition coefficient (Wildman–Crippen LogP) is 6.09. The number of hydrogen-bond donors (Lipinski definition) is 1. The molecule has 0 fully saturated rings. The van der Waals surface area contributed by atoms with Gasteiger partial charge in [-0.2, -0.15) is 0 Å². The lowest BCUT2D eigenvalue weighted by atomic mass is 10.0. The van der Waals surface area contributed by atoms with Gasteiger partial charge >= 0.3 is 0 Å². The van der Waals surface area contributed by atoms with Gasteiger partial charge in [0.25, 0.3) is 0 Å². The Bertz CT molecular complexity index is 1070. The van der Waals surface area contributed by atoms with E-state index in [1.807, 2.05) is 68.4 Å². The van der Waals surface area contributed by atoms with E-state index in [1.165, 1.54) is 0 Å². The first-order valence-electron chi connectivity index (χ1n) is 11.5. The van der Waals surface area contributed by atoms with Crippen molar-refractivity contribution in [2.24, 2.45) is 0 Å². The van der Waals surface area contributed by atoms with Gasteiger partial charge in [-0.15, -0.1) is 0 Å². The molecular weight excluding hydrogens is 467 g/mol. The summed E-state index contributed by atoms with van der Waals surface area (Å²) in [5, 5.41) is 4.32. The van der Waals surface area contributed by atoms with Crippen LogP contribution in [-0.2, 0) is 29.0 Å². The summed E-state index contributed by atoms with van der Waals surface area (Å²) >= 11 is 12.1. The van der Waals surface area contributed by atoms with Gasteiger partial charge in [-0.25, -0.2) is 0 Å². The minimum atomic E-state index is -0.660. The van der Waals surface area contributed by atoms with Crippen LogP contribution in [0.15, 0.2) is 78.9 Å². The highest BCUT2D eigenvalue weighted by atomic mass is 35.5. The molecule has 0 aromatic heterocycles. The minimum Gasteiger partial charge on any atom is -0.352 e. The van der Waals surface area contributed by atoms with Crippen LogP contribution in [0.2, 0.25) is 10.0 Å². The minimum absolute atomic E-state index is 0.00882. The summed E-state index contributed by atoms with van der Waals surface area (Å²) in [4.78, 5) is 28.8. The zero-order valence-corrected chi connectivity index (χ0v) is 21.0. The van der Waals surface area contributed by atoms with Gasteiger partial charge in [0.05, 0.1) is 6.42 Å². The Hall–Kier alpha value is -2.82. The maximum atomic E-state index is 13.6. The summed E-state index contributed by atoms with van der Waals surface area (Å²) in [6.07, 6.45) is 1.40. The second kappa shape index (κ2) is 12.6. The van der Waals surface area contributed by atoms with Gasteiger partial charge in [0.2, 0.25) is 11.8 Å². The molecule has 4 nitrogen and oxygen atoms in total. The molecular formula is C28H30Cl2N2O2. The molecule has 0 aliphatic carbocycles. The van der Waals surface area contributed by atoms with E-state index in [0.29, 0.717) is 23.0 Å². The van der Waals surface area contributed by atoms with Crippen LogP contribution in [0.5, 0.6) is 0 Å². The first kappa shape index (κ1) is 25.8. The van der Waals surface area contributed by atoms with Gasteiger partial charge in [0, 0.05) is 29.1 Å². The molecule has 0 aliphatic rings. The van der Waals surface area contributed by atoms with Crippen LogP contribution >= 0.6 is 23.2 Å². The first-order valence-corrected chi connectivity index (χ1v) is 12.2. The molecule has 1 N–H and O–H groups in total. The fraction of sp³-hybridized carbons (Fsp3) is 0.286. The highest BCUT2D eigenvalue weighted by molar-refractivity contribution is 6.30. The van der Waals surface area contributed by atoms with E-state index in [4.69, 9.17) is 23.2 Å². The number of carbonyl (C=O) groups excluding carboxylic acids is 2. The van der Waals surface area contributed by atoms with Gasteiger partial charge < -0.3 is 10.2 Å². The molecule has 0 unspecified atom stereocenters. The average molecular weight is 497 g/mol. The van der Waals surface area contributed by atoms with E-state index in [-0.39, 0.29) is 24.3 Å². The third-order valence-electron chi connectivity index (χ3n) is 5.81. The van der Waals surface area contributed by atoms with E-state index in [2.05, 4.69) is 5.32 Å². The Balaban J connectivity index is 1.95. The normalized spacial score (nSPS) is 12.6. The van der Waals surface area contributed by atoms with Crippen LogP contribution in [-0.4, -0.2) is 28.8 Å². The number of amides is 2. The lowest BCUT2D eigenvalue weighted by Crippen LogP contribution is -2.52. The highest BCUT2D eigenvalue weighted by Gasteiger charge is 2.31. The summed E-state index contributed by atoms with van der Waals surface area (Å²) in [6.45, 7) is 4.29. The molecule has 2 atom stereocenters. The Morgan fingerprint density at radius 2 is 1.38 bits per heavy atom. The van der Waals surface area contributed by atoms with Crippen LogP contribution in [0.25, 0.3) is 0 Å². The van der Waals surface area contributed by atoms with Crippen molar-refractivity contribution in [3.05, 3.63) is 106 Å². The third kappa shape index (κ3) is 7.61. The molecule has 0 saturated carbocycles. The van der Waals surface area contributed by atoms with Crippen molar-refractivity contribution in [3.63, 3.8) is 0 Å². The van der Waals surface area contributed by atoms with E-state index in [1.54, 1.807) is 29.2 Å². The molecule has 0 radical (unpaired) electrons. The smallest absolute Gasteiger partial charge is 0.243 e. The fourth-order valence-electron chi connectivity index (χ4n) is 3.66. The Labute approximate surface area is 211 Å². The molecule has 0 aliphatic heterocycles. The number of rotatable bonds is 10. The van der Waals surface area contributed by atoms with Gasteiger partial charge in [-0.05, 0) is 54.3 Å². The summed E-state index contributed by atoms with van der Waals surface area (Å²) < 4.78 is 0. The second-order valence-electron chi connectivity index (χ2n) is 8.47. The van der Waals surface area contributed by atoms with Crippen LogP contribution in [0.1, 0.15) is 37.0 Å². The summed E-state index contributed by atoms with van der Waals surface area (Å²) in [5.74, 6) is -0.283. The van der Waals surface area contributed by atoms with Gasteiger partial charge in [0.15, 0.2) is 0 Å². The highest BCUT2D eigenvalue weighted by Crippen LogP contribution is 2.19. The number of nitrogens with one attached hydrogen (secondary N) is 1. The monoisotopic (exact) mass is 496 g/mol. The van der Waals surface area contributed by atoms with Crippen LogP contribution in [0.4, 0.5) is 0 Å². The maximum absolute atomic E-state index is 13.6. The molecule has 0 spiro atoms. The van der Waals surface area contributed by atoms with Crippen LogP contribution in [0.3, 0.4) is 0 Å². The van der Waals surface area contributed by atoms with E-state index in [9.17, 15) is 9.59 Å². The molecule has 0 bridgehead atoms. The van der Waals surface area contributed by atoms with Gasteiger partial charge in [-0.3, -0.25) is 9.59 Å². The van der Waals surface area contributed by atoms with Gasteiger partial charge in [0.1, 0.15) is 6.04 Å². The van der Waals surface area contributed by atoms with Crippen molar-refractivity contribution < 1.29 is 9.59 Å². The Kier molecular flexibility index (Phi) is 9.55. The molecule has 3 aromatic carbocycles. The van der Waals surface area contributed by atoms with Crippen LogP contribution in [0, 0.1) is 0 Å². The van der Waals surface area contributed by atoms with E-state index < -0.39 is 6.04 Å². The van der Waals surface area contributed by atoms with Crippen molar-refractivity contribution in [1.29, 1.82) is 0 Å². The van der Waals surface area contributed by atoms with Crippen LogP contribution < -0.4 is 5.32 Å². The quantitative estimate of drug-likeness (QED) is 0.369. The number of halogens is 2. The van der Waals surface area contributed by atoms with Crippen molar-refractivity contribution in [2.75, 3.05) is 0 Å². The predicted molar refractivity (Wildman–Crippen MR) is 139 cm³/mol. The molecule has 0 heterocycles. The lowest BCUT2D eigenvalue weighted by Gasteiger charge is -2.32. The van der Waals surface area contributed by atoms with Crippen molar-refractivity contribution >= 4 is 35.0 Å². The standard InChI is InChI=1S/C28H30Cl2N2O2/c1-3-20(2)31-28(34)26(17-21-7-5-4-6-8-21)32(19-23-11-15-25(30)16-12-23)27(33)18-22-9-13-24(29)14-10-22/h4-16,20,26H,3,17-19H2,1-2H3,(H,31,34)/t20-,26-/m0/s1. The summed E-state index contributed by atoms with van der Waals surface area (Å²) in [6, 6.07) is 23.7. The van der Waals surface area contributed by atoms with Crippen molar-refractivity contribution in [3.8, 4) is 0 Å². The SMILES string of the molecule is CC[C@H](C)NC(=O)[C@H](Cc1ccccc1)N(Cc1ccc(Cl)cc1)C(=O)Cc1ccc(Cl)cc1. The number of nitrogens with zero attached hydrogens (tertiary/aromatic N) is 1. The zero-order chi connectivity index (χ0) is 24.5. The van der Waals surface area contributed by atoms with Crippen molar-refractivity contribution in [2.45, 2.75) is 51.7 Å². The van der Waals surface area contributed by atoms with E-state index >= 15 is 0 Å². The Morgan fingerprint density at radius 3 is 1.94 bits per heavy atom. The average Bonchev–Trinajstić information content (AvgIpc) is 2.84. The largest absolute Gasteiger partial charge is 0.352 e. The molecule has 2 amide bonds. The second-order valence-corrected chi connectivity index (χ2v) is 9.35. The number of benzene rings is 3. The molecule has 3 rings (SSSR count). The number of hydrogen-bond acceptors (Lipinski definition) is 2. The third-order valence-corrected chi connectivity index (χ3v) is 6.31. The Morgan fingerprint density at radius 1 is 0.824 bits per heavy atom. The topological polar surface area (TPSA) is 49.4 Å². The first-order chi connectivity index (χ1) is 16.4. The fourth-order valence-corrected chi connectivity index (χ4v) is 3.91. The number of carbonyl (C=O) groups is 2. The van der Waals surface area contributed by atoms with Gasteiger partial charge in [-0.1, -0.05) is 84.7 Å². The lowest BCUT2D eigenvalue weighted by molar-refractivity contribution is -0.141. The molecule has 6 heteroatoms. The zero-order valence-electron chi connectivity index (χ0n) is 19.5. The molecule has 3 aromatic rings. The van der Waals surface area contributed by atoms with E-state index in [0.717, 1.165) is 23.1 Å². The maximum Gasteiger partial charge on any atom is 0.243 e.